The second-order valence-electron chi connectivity index (χ2n) is 4.50. The molecule has 0 heteroatoms. The minimum Gasteiger partial charge on any atom is -0.115 e. The van der Waals surface area contributed by atoms with Gasteiger partial charge in [-0.05, 0) is 34.7 Å². The lowest BCUT2D eigenvalue weighted by atomic mass is 9.98. The van der Waals surface area contributed by atoms with Crippen molar-refractivity contribution in [3.05, 3.63) is 59.7 Å². The summed E-state index contributed by atoms with van der Waals surface area (Å²) in [6.45, 7) is 4.41. The third kappa shape index (κ3) is 2.57. The second kappa shape index (κ2) is 4.89. The van der Waals surface area contributed by atoms with Gasteiger partial charge in [-0.2, -0.15) is 0 Å². The highest BCUT2D eigenvalue weighted by molar-refractivity contribution is 5.64. The maximum atomic E-state index is 5.34. The first-order chi connectivity index (χ1) is 8.20. The van der Waals surface area contributed by atoms with E-state index in [1.165, 1.54) is 16.7 Å². The predicted octanol–water partition coefficient (Wildman–Crippen LogP) is 4.46. The van der Waals surface area contributed by atoms with Crippen molar-refractivity contribution in [1.82, 2.24) is 0 Å². The molecule has 0 amide bonds. The van der Waals surface area contributed by atoms with Crippen LogP contribution in [-0.4, -0.2) is 0 Å². The van der Waals surface area contributed by atoms with Crippen molar-refractivity contribution in [3.63, 3.8) is 0 Å². The van der Waals surface area contributed by atoms with E-state index >= 15 is 0 Å². The van der Waals surface area contributed by atoms with E-state index in [0.717, 1.165) is 5.56 Å². The Morgan fingerprint density at radius 1 is 0.824 bits per heavy atom. The van der Waals surface area contributed by atoms with E-state index in [1.54, 1.807) is 0 Å². The minimum atomic E-state index is 0.577. The summed E-state index contributed by atoms with van der Waals surface area (Å²) >= 11 is 0. The summed E-state index contributed by atoms with van der Waals surface area (Å²) in [5.41, 5.74) is 4.74. The predicted molar refractivity (Wildman–Crippen MR) is 73.9 cm³/mol. The van der Waals surface area contributed by atoms with Crippen LogP contribution in [0.15, 0.2) is 48.5 Å². The summed E-state index contributed by atoms with van der Waals surface area (Å²) in [7, 11) is 0. The van der Waals surface area contributed by atoms with Gasteiger partial charge in [0.2, 0.25) is 0 Å². The summed E-state index contributed by atoms with van der Waals surface area (Å²) in [5.74, 6) is 3.21. The first kappa shape index (κ1) is 11.5. The number of hydrogen-bond acceptors (Lipinski definition) is 0. The minimum absolute atomic E-state index is 0.577. The van der Waals surface area contributed by atoms with Gasteiger partial charge in [0, 0.05) is 5.56 Å². The highest BCUT2D eigenvalue weighted by atomic mass is 14.1. The van der Waals surface area contributed by atoms with E-state index in [1.807, 2.05) is 12.1 Å². The molecule has 0 aliphatic carbocycles. The van der Waals surface area contributed by atoms with Crippen molar-refractivity contribution in [3.8, 4) is 23.5 Å². The molecule has 0 fully saturated rings. The average Bonchev–Trinajstić information content (AvgIpc) is 2.39. The van der Waals surface area contributed by atoms with E-state index in [9.17, 15) is 0 Å². The molecule has 17 heavy (non-hydrogen) atoms. The van der Waals surface area contributed by atoms with Crippen LogP contribution in [0.25, 0.3) is 11.1 Å². The third-order valence-electron chi connectivity index (χ3n) is 2.96. The normalized spacial score (nSPS) is 10.2. The van der Waals surface area contributed by atoms with Crippen LogP contribution in [0.2, 0.25) is 0 Å². The zero-order chi connectivity index (χ0) is 12.3. The van der Waals surface area contributed by atoms with E-state index < -0.39 is 0 Å². The quantitative estimate of drug-likeness (QED) is 0.655. The molecular formula is C17H16. The molecular weight excluding hydrogens is 204 g/mol. The summed E-state index contributed by atoms with van der Waals surface area (Å²) in [6.07, 6.45) is 5.34. The molecule has 0 aliphatic rings. The molecule has 0 atom stereocenters. The van der Waals surface area contributed by atoms with Gasteiger partial charge in [0.1, 0.15) is 0 Å². The first-order valence-electron chi connectivity index (χ1n) is 5.87. The van der Waals surface area contributed by atoms with Crippen LogP contribution in [0.1, 0.15) is 30.9 Å². The van der Waals surface area contributed by atoms with Gasteiger partial charge in [-0.1, -0.05) is 56.2 Å². The van der Waals surface area contributed by atoms with Crippen LogP contribution in [0, 0.1) is 12.3 Å². The summed E-state index contributed by atoms with van der Waals surface area (Å²) in [4.78, 5) is 0. The fraction of sp³-hybridized carbons (Fsp3) is 0.176. The SMILES string of the molecule is C#Cc1ccc(-c2ccc(C(C)C)cc2)cc1. The monoisotopic (exact) mass is 220 g/mol. The van der Waals surface area contributed by atoms with Crippen LogP contribution >= 0.6 is 0 Å². The van der Waals surface area contributed by atoms with E-state index in [4.69, 9.17) is 6.42 Å². The van der Waals surface area contributed by atoms with Crippen molar-refractivity contribution in [2.75, 3.05) is 0 Å². The van der Waals surface area contributed by atoms with Crippen LogP contribution in [-0.2, 0) is 0 Å². The molecule has 0 aliphatic heterocycles. The third-order valence-corrected chi connectivity index (χ3v) is 2.96. The molecule has 0 heterocycles. The molecule has 0 aromatic heterocycles. The van der Waals surface area contributed by atoms with Gasteiger partial charge in [-0.15, -0.1) is 6.42 Å². The van der Waals surface area contributed by atoms with Gasteiger partial charge >= 0.3 is 0 Å². The Bertz CT molecular complexity index is 522. The highest BCUT2D eigenvalue weighted by Crippen LogP contribution is 2.22. The molecule has 0 radical (unpaired) electrons. The maximum absolute atomic E-state index is 5.34. The van der Waals surface area contributed by atoms with Crippen molar-refractivity contribution >= 4 is 0 Å². The van der Waals surface area contributed by atoms with Crippen molar-refractivity contribution in [1.29, 1.82) is 0 Å². The number of rotatable bonds is 2. The topological polar surface area (TPSA) is 0 Å². The Kier molecular flexibility index (Phi) is 3.30. The zero-order valence-corrected chi connectivity index (χ0v) is 10.3. The molecule has 2 aromatic rings. The van der Waals surface area contributed by atoms with Gasteiger partial charge in [0.25, 0.3) is 0 Å². The van der Waals surface area contributed by atoms with Crippen LogP contribution in [0.4, 0.5) is 0 Å². The zero-order valence-electron chi connectivity index (χ0n) is 10.3. The molecule has 0 saturated heterocycles. The van der Waals surface area contributed by atoms with Crippen LogP contribution < -0.4 is 0 Å². The number of benzene rings is 2. The molecule has 0 N–H and O–H groups in total. The highest BCUT2D eigenvalue weighted by Gasteiger charge is 2.00. The van der Waals surface area contributed by atoms with Gasteiger partial charge in [0.15, 0.2) is 0 Å². The molecule has 84 valence electrons. The molecule has 0 saturated carbocycles. The van der Waals surface area contributed by atoms with Gasteiger partial charge in [-0.3, -0.25) is 0 Å². The van der Waals surface area contributed by atoms with Crippen LogP contribution in [0.5, 0.6) is 0 Å². The molecule has 2 rings (SSSR count). The van der Waals surface area contributed by atoms with Gasteiger partial charge in [0.05, 0.1) is 0 Å². The molecule has 0 unspecified atom stereocenters. The number of hydrogen-bond donors (Lipinski definition) is 0. The molecule has 2 aromatic carbocycles. The molecule has 0 spiro atoms. The Hall–Kier alpha value is -2.00. The lowest BCUT2D eigenvalue weighted by molar-refractivity contribution is 0.867. The van der Waals surface area contributed by atoms with Crippen molar-refractivity contribution in [2.24, 2.45) is 0 Å². The Labute approximate surface area is 103 Å². The number of terminal acetylenes is 1. The second-order valence-corrected chi connectivity index (χ2v) is 4.50. The summed E-state index contributed by atoms with van der Waals surface area (Å²) in [6, 6.07) is 16.8. The van der Waals surface area contributed by atoms with Gasteiger partial charge < -0.3 is 0 Å². The fourth-order valence-corrected chi connectivity index (χ4v) is 1.82. The molecule has 0 nitrogen and oxygen atoms in total. The lowest BCUT2D eigenvalue weighted by Gasteiger charge is -2.07. The summed E-state index contributed by atoms with van der Waals surface area (Å²) in [5, 5.41) is 0. The first-order valence-corrected chi connectivity index (χ1v) is 5.87. The maximum Gasteiger partial charge on any atom is 0.0243 e. The Morgan fingerprint density at radius 3 is 1.71 bits per heavy atom. The Balaban J connectivity index is 2.30. The lowest BCUT2D eigenvalue weighted by Crippen LogP contribution is -1.86. The standard InChI is InChI=1S/C17H16/c1-4-14-5-7-16(8-6-14)17-11-9-15(10-12-17)13(2)3/h1,5-13H,2-3H3. The van der Waals surface area contributed by atoms with Gasteiger partial charge in [-0.25, -0.2) is 0 Å². The summed E-state index contributed by atoms with van der Waals surface area (Å²) < 4.78 is 0. The van der Waals surface area contributed by atoms with Crippen LogP contribution in [0.3, 0.4) is 0 Å². The smallest absolute Gasteiger partial charge is 0.0243 e. The Morgan fingerprint density at radius 2 is 1.29 bits per heavy atom. The fourth-order valence-electron chi connectivity index (χ4n) is 1.82. The van der Waals surface area contributed by atoms with E-state index in [-0.39, 0.29) is 0 Å². The van der Waals surface area contributed by atoms with Crippen molar-refractivity contribution in [2.45, 2.75) is 19.8 Å². The van der Waals surface area contributed by atoms with E-state index in [0.29, 0.717) is 5.92 Å². The average molecular weight is 220 g/mol. The largest absolute Gasteiger partial charge is 0.115 e. The molecule has 0 bridgehead atoms. The van der Waals surface area contributed by atoms with Crippen molar-refractivity contribution < 1.29 is 0 Å². The van der Waals surface area contributed by atoms with E-state index in [2.05, 4.69) is 56.2 Å².